The molecule has 1 aliphatic heterocycles. The van der Waals surface area contributed by atoms with Gasteiger partial charge in [0.2, 0.25) is 5.78 Å². The van der Waals surface area contributed by atoms with Crippen LogP contribution in [0.5, 0.6) is 5.75 Å². The normalized spacial score (nSPS) is 15.9. The summed E-state index contributed by atoms with van der Waals surface area (Å²) >= 11 is 6.34. The highest BCUT2D eigenvalue weighted by atomic mass is 35.5. The van der Waals surface area contributed by atoms with Crippen LogP contribution in [0, 0.1) is 6.92 Å². The summed E-state index contributed by atoms with van der Waals surface area (Å²) in [4.78, 5) is 28.4. The van der Waals surface area contributed by atoms with Crippen molar-refractivity contribution in [2.24, 2.45) is 0 Å². The molecule has 3 aromatic carbocycles. The molecule has 0 radical (unpaired) electrons. The summed E-state index contributed by atoms with van der Waals surface area (Å²) in [5, 5.41) is 12.0. The Morgan fingerprint density at radius 3 is 2.50 bits per heavy atom. The van der Waals surface area contributed by atoms with E-state index >= 15 is 0 Å². The predicted molar refractivity (Wildman–Crippen MR) is 130 cm³/mol. The third-order valence-corrected chi connectivity index (χ3v) is 6.29. The topological polar surface area (TPSA) is 80.0 Å². The molecule has 6 nitrogen and oxygen atoms in total. The van der Waals surface area contributed by atoms with Gasteiger partial charge in [0.05, 0.1) is 23.7 Å². The lowest BCUT2D eigenvalue weighted by Gasteiger charge is -2.28. The standard InChI is InChI=1S/C27H20ClNO5/c1-15-7-3-5-9-18(15)24-23(25(30)22-13-16-8-4-6-10-20(16)34-22)26(31)27(32)29(24)17-11-12-21(33-2)19(28)14-17/h3-14,24,31H,1-2H3. The molecule has 7 heteroatoms. The Kier molecular flexibility index (Phi) is 5.38. The van der Waals surface area contributed by atoms with Gasteiger partial charge in [0.15, 0.2) is 11.5 Å². The van der Waals surface area contributed by atoms with Gasteiger partial charge in [-0.25, -0.2) is 0 Å². The Labute approximate surface area is 200 Å². The van der Waals surface area contributed by atoms with Gasteiger partial charge >= 0.3 is 0 Å². The average molecular weight is 474 g/mol. The molecular weight excluding hydrogens is 454 g/mol. The van der Waals surface area contributed by atoms with E-state index < -0.39 is 23.5 Å². The number of rotatable bonds is 5. The van der Waals surface area contributed by atoms with E-state index in [4.69, 9.17) is 20.8 Å². The Balaban J connectivity index is 1.68. The first-order valence-electron chi connectivity index (χ1n) is 10.6. The van der Waals surface area contributed by atoms with Crippen molar-refractivity contribution in [3.8, 4) is 5.75 Å². The van der Waals surface area contributed by atoms with Crippen molar-refractivity contribution in [2.45, 2.75) is 13.0 Å². The first-order chi connectivity index (χ1) is 16.4. The number of carbonyl (C=O) groups excluding carboxylic acids is 2. The number of nitrogens with zero attached hydrogens (tertiary/aromatic N) is 1. The molecule has 4 aromatic rings. The van der Waals surface area contributed by atoms with Gasteiger partial charge in [0.25, 0.3) is 5.91 Å². The van der Waals surface area contributed by atoms with Gasteiger partial charge in [0.1, 0.15) is 11.3 Å². The highest BCUT2D eigenvalue weighted by molar-refractivity contribution is 6.32. The first kappa shape index (κ1) is 21.8. The molecular formula is C27H20ClNO5. The molecule has 0 saturated heterocycles. The summed E-state index contributed by atoms with van der Waals surface area (Å²) < 4.78 is 11.0. The van der Waals surface area contributed by atoms with E-state index in [1.165, 1.54) is 12.0 Å². The largest absolute Gasteiger partial charge is 0.503 e. The smallest absolute Gasteiger partial charge is 0.294 e. The summed E-state index contributed by atoms with van der Waals surface area (Å²) in [7, 11) is 1.50. The number of furan rings is 1. The Morgan fingerprint density at radius 1 is 1.06 bits per heavy atom. The van der Waals surface area contributed by atoms with Crippen molar-refractivity contribution in [2.75, 3.05) is 12.0 Å². The number of aryl methyl sites for hydroxylation is 1. The number of ether oxygens (including phenoxy) is 1. The Hall–Kier alpha value is -4.03. The molecule has 1 aromatic heterocycles. The summed E-state index contributed by atoms with van der Waals surface area (Å²) in [6.45, 7) is 1.89. The number of aliphatic hydroxyl groups excluding tert-OH is 1. The second kappa shape index (κ2) is 8.39. The molecule has 0 aliphatic carbocycles. The molecule has 0 fully saturated rings. The molecule has 0 spiro atoms. The van der Waals surface area contributed by atoms with Crippen molar-refractivity contribution in [3.63, 3.8) is 0 Å². The molecule has 0 saturated carbocycles. The fourth-order valence-corrected chi connectivity index (χ4v) is 4.57. The number of amides is 1. The van der Waals surface area contributed by atoms with Crippen molar-refractivity contribution >= 4 is 39.9 Å². The molecule has 170 valence electrons. The van der Waals surface area contributed by atoms with Gasteiger partial charge in [-0.3, -0.25) is 14.5 Å². The summed E-state index contributed by atoms with van der Waals surface area (Å²) in [6, 6.07) is 20.3. The van der Waals surface area contributed by atoms with Gasteiger partial charge < -0.3 is 14.3 Å². The molecule has 1 atom stereocenters. The zero-order valence-electron chi connectivity index (χ0n) is 18.4. The SMILES string of the molecule is COc1ccc(N2C(=O)C(O)=C(C(=O)c3cc4ccccc4o3)C2c2ccccc2C)cc1Cl. The van der Waals surface area contributed by atoms with Crippen molar-refractivity contribution < 1.29 is 23.8 Å². The number of halogens is 1. The number of carbonyl (C=O) groups is 2. The van der Waals surface area contributed by atoms with Gasteiger partial charge in [0, 0.05) is 11.1 Å². The molecule has 34 heavy (non-hydrogen) atoms. The van der Waals surface area contributed by atoms with E-state index in [1.807, 2.05) is 43.3 Å². The highest BCUT2D eigenvalue weighted by Gasteiger charge is 2.46. The maximum Gasteiger partial charge on any atom is 0.294 e. The average Bonchev–Trinajstić information content (AvgIpc) is 3.38. The minimum Gasteiger partial charge on any atom is -0.503 e. The Bertz CT molecular complexity index is 1450. The second-order valence-corrected chi connectivity index (χ2v) is 8.40. The van der Waals surface area contributed by atoms with Gasteiger partial charge in [-0.1, -0.05) is 54.1 Å². The van der Waals surface area contributed by atoms with E-state index in [0.717, 1.165) is 10.9 Å². The number of Topliss-reactive ketones (excluding diaryl/α,β-unsaturated/α-hetero) is 1. The fourth-order valence-electron chi connectivity index (χ4n) is 4.32. The van der Waals surface area contributed by atoms with Gasteiger partial charge in [-0.15, -0.1) is 0 Å². The number of benzene rings is 3. The zero-order chi connectivity index (χ0) is 24.0. The van der Waals surface area contributed by atoms with Crippen LogP contribution in [0.2, 0.25) is 5.02 Å². The van der Waals surface area contributed by atoms with Crippen molar-refractivity contribution in [3.05, 3.63) is 106 Å². The maximum atomic E-state index is 13.7. The number of anilines is 1. The molecule has 0 bridgehead atoms. The van der Waals surface area contributed by atoms with Crippen LogP contribution in [0.25, 0.3) is 11.0 Å². The number of aliphatic hydroxyl groups is 1. The van der Waals surface area contributed by atoms with Gasteiger partial charge in [-0.05, 0) is 48.4 Å². The number of hydrogen-bond donors (Lipinski definition) is 1. The fraction of sp³-hybridized carbons (Fsp3) is 0.111. The lowest BCUT2D eigenvalue weighted by molar-refractivity contribution is -0.117. The lowest BCUT2D eigenvalue weighted by Crippen LogP contribution is -2.31. The first-order valence-corrected chi connectivity index (χ1v) is 11.0. The number of ketones is 1. The summed E-state index contributed by atoms with van der Waals surface area (Å²) in [5.41, 5.74) is 2.47. The van der Waals surface area contributed by atoms with Crippen molar-refractivity contribution in [1.29, 1.82) is 0 Å². The Morgan fingerprint density at radius 2 is 1.79 bits per heavy atom. The van der Waals surface area contributed by atoms with Crippen LogP contribution in [0.1, 0.15) is 27.7 Å². The van der Waals surface area contributed by atoms with Gasteiger partial charge in [-0.2, -0.15) is 0 Å². The number of fused-ring (bicyclic) bond motifs is 1. The van der Waals surface area contributed by atoms with Crippen LogP contribution in [-0.4, -0.2) is 23.9 Å². The van der Waals surface area contributed by atoms with E-state index in [-0.39, 0.29) is 11.3 Å². The maximum absolute atomic E-state index is 13.7. The van der Waals surface area contributed by atoms with E-state index in [9.17, 15) is 14.7 Å². The van der Waals surface area contributed by atoms with Crippen LogP contribution >= 0.6 is 11.6 Å². The second-order valence-electron chi connectivity index (χ2n) is 7.99. The minimum absolute atomic E-state index is 0.0451. The monoisotopic (exact) mass is 473 g/mol. The minimum atomic E-state index is -0.876. The number of para-hydroxylation sites is 1. The molecule has 5 rings (SSSR count). The van der Waals surface area contributed by atoms with E-state index in [0.29, 0.717) is 27.6 Å². The highest BCUT2D eigenvalue weighted by Crippen LogP contribution is 2.44. The third kappa shape index (κ3) is 3.43. The van der Waals surface area contributed by atoms with Crippen molar-refractivity contribution in [1.82, 2.24) is 0 Å². The molecule has 1 unspecified atom stereocenters. The lowest BCUT2D eigenvalue weighted by atomic mass is 9.92. The van der Waals surface area contributed by atoms with Crippen LogP contribution in [0.4, 0.5) is 5.69 Å². The van der Waals surface area contributed by atoms with Crippen LogP contribution in [0.3, 0.4) is 0 Å². The summed E-state index contributed by atoms with van der Waals surface area (Å²) in [5.74, 6) is -1.39. The molecule has 1 amide bonds. The summed E-state index contributed by atoms with van der Waals surface area (Å²) in [6.07, 6.45) is 0. The predicted octanol–water partition coefficient (Wildman–Crippen LogP) is 6.19. The van der Waals surface area contributed by atoms with E-state index in [2.05, 4.69) is 0 Å². The third-order valence-electron chi connectivity index (χ3n) is 6.00. The van der Waals surface area contributed by atoms with E-state index in [1.54, 1.807) is 36.4 Å². The molecule has 1 N–H and O–H groups in total. The van der Waals surface area contributed by atoms with Crippen LogP contribution in [-0.2, 0) is 4.79 Å². The van der Waals surface area contributed by atoms with Crippen LogP contribution < -0.4 is 9.64 Å². The van der Waals surface area contributed by atoms with Crippen LogP contribution in [0.15, 0.2) is 88.5 Å². The number of methoxy groups -OCH3 is 1. The number of hydrogen-bond acceptors (Lipinski definition) is 5. The molecule has 2 heterocycles. The zero-order valence-corrected chi connectivity index (χ0v) is 19.2. The molecule has 1 aliphatic rings. The quantitative estimate of drug-likeness (QED) is 0.350.